The van der Waals surface area contributed by atoms with E-state index in [9.17, 15) is 31.5 Å². The van der Waals surface area contributed by atoms with E-state index in [0.717, 1.165) is 25.7 Å². The Hall–Kier alpha value is -1.41. The largest absolute Gasteiger partial charge is 0.464 e. The number of unbranched alkanes of at least 4 members (excludes halogenated alkanes) is 13. The Morgan fingerprint density at radius 1 is 0.735 bits per heavy atom. The summed E-state index contributed by atoms with van der Waals surface area (Å²) in [6.45, 7) is 5.36. The highest BCUT2D eigenvalue weighted by Gasteiger charge is 2.63. The molecule has 0 heterocycles. The van der Waals surface area contributed by atoms with Crippen molar-refractivity contribution in [2.24, 2.45) is 5.92 Å². The Morgan fingerprint density at radius 2 is 1.15 bits per heavy atom. The Bertz CT molecular complexity index is 555. The van der Waals surface area contributed by atoms with Crippen LogP contribution in [0.1, 0.15) is 117 Å². The molecule has 0 fully saturated rings. The monoisotopic (exact) mass is 501 g/mol. The van der Waals surface area contributed by atoms with E-state index in [1.54, 1.807) is 6.92 Å². The highest BCUT2D eigenvalue weighted by Crippen LogP contribution is 2.35. The zero-order valence-corrected chi connectivity index (χ0v) is 21.1. The molecule has 0 aliphatic carbocycles. The lowest BCUT2D eigenvalue weighted by atomic mass is 9.99. The number of alkyl halides is 5. The van der Waals surface area contributed by atoms with Crippen LogP contribution < -0.4 is 5.32 Å². The lowest BCUT2D eigenvalue weighted by molar-refractivity contribution is -0.270. The van der Waals surface area contributed by atoms with Gasteiger partial charge >= 0.3 is 24.0 Å². The first-order valence-electron chi connectivity index (χ1n) is 12.9. The standard InChI is InChI=1S/C25H44F5NO3/c1-4-6-7-8-9-10-11-12-13-14-15-16-17-18-19-34-22(32)21(20(3)5-2)31-23(33)24(26,27)25(28,29)30/h20-21H,4-19H2,1-3H3,(H,31,33). The molecule has 0 saturated carbocycles. The van der Waals surface area contributed by atoms with Gasteiger partial charge in [0.1, 0.15) is 6.04 Å². The Morgan fingerprint density at radius 3 is 1.53 bits per heavy atom. The molecule has 0 bridgehead atoms. The van der Waals surface area contributed by atoms with Gasteiger partial charge in [0, 0.05) is 0 Å². The van der Waals surface area contributed by atoms with E-state index in [2.05, 4.69) is 6.92 Å². The lowest BCUT2D eigenvalue weighted by Gasteiger charge is -2.26. The fourth-order valence-corrected chi connectivity index (χ4v) is 3.59. The van der Waals surface area contributed by atoms with E-state index in [-0.39, 0.29) is 13.0 Å². The number of carbonyl (C=O) groups is 2. The van der Waals surface area contributed by atoms with Crippen molar-refractivity contribution < 1.29 is 36.3 Å². The molecule has 0 radical (unpaired) electrons. The second kappa shape index (κ2) is 17.9. The van der Waals surface area contributed by atoms with Gasteiger partial charge in [-0.15, -0.1) is 0 Å². The third kappa shape index (κ3) is 13.5. The summed E-state index contributed by atoms with van der Waals surface area (Å²) >= 11 is 0. The van der Waals surface area contributed by atoms with Crippen molar-refractivity contribution in [1.29, 1.82) is 0 Å². The molecule has 0 rings (SSSR count). The number of ether oxygens (including phenoxy) is 1. The molecule has 0 saturated heterocycles. The zero-order valence-electron chi connectivity index (χ0n) is 21.1. The SMILES string of the molecule is CCCCCCCCCCCCCCCCOC(=O)C(NC(=O)C(F)(F)C(F)(F)F)C(C)CC. The molecule has 0 aromatic heterocycles. The van der Waals surface area contributed by atoms with E-state index in [4.69, 9.17) is 4.74 Å². The highest BCUT2D eigenvalue weighted by molar-refractivity contribution is 5.89. The molecule has 9 heteroatoms. The number of hydrogen-bond donors (Lipinski definition) is 1. The van der Waals surface area contributed by atoms with E-state index < -0.39 is 35.9 Å². The molecule has 4 nitrogen and oxygen atoms in total. The lowest BCUT2D eigenvalue weighted by Crippen LogP contribution is -2.56. The number of amides is 1. The van der Waals surface area contributed by atoms with Crippen molar-refractivity contribution in [3.63, 3.8) is 0 Å². The number of nitrogens with one attached hydrogen (secondary N) is 1. The van der Waals surface area contributed by atoms with Gasteiger partial charge in [-0.1, -0.05) is 111 Å². The molecule has 0 spiro atoms. The number of carbonyl (C=O) groups excluding carboxylic acids is 2. The first-order chi connectivity index (χ1) is 16.0. The first kappa shape index (κ1) is 32.6. The second-order valence-corrected chi connectivity index (χ2v) is 9.17. The summed E-state index contributed by atoms with van der Waals surface area (Å²) in [6, 6.07) is -1.56. The zero-order chi connectivity index (χ0) is 26.0. The van der Waals surface area contributed by atoms with E-state index in [0.29, 0.717) is 6.42 Å². The van der Waals surface area contributed by atoms with Crippen molar-refractivity contribution in [2.45, 2.75) is 135 Å². The van der Waals surface area contributed by atoms with Crippen LogP contribution in [0.4, 0.5) is 22.0 Å². The molecule has 202 valence electrons. The van der Waals surface area contributed by atoms with E-state index in [1.807, 2.05) is 0 Å². The van der Waals surface area contributed by atoms with Gasteiger partial charge in [-0.05, 0) is 12.3 Å². The average molecular weight is 502 g/mol. The molecule has 2 atom stereocenters. The van der Waals surface area contributed by atoms with Crippen LogP contribution in [0.25, 0.3) is 0 Å². The topological polar surface area (TPSA) is 55.4 Å². The van der Waals surface area contributed by atoms with Gasteiger partial charge in [0.05, 0.1) is 6.61 Å². The maximum absolute atomic E-state index is 13.2. The summed E-state index contributed by atoms with van der Waals surface area (Å²) in [7, 11) is 0. The number of hydrogen-bond acceptors (Lipinski definition) is 3. The minimum atomic E-state index is -6.03. The van der Waals surface area contributed by atoms with Crippen LogP contribution in [0.3, 0.4) is 0 Å². The molecule has 0 aromatic carbocycles. The summed E-state index contributed by atoms with van der Waals surface area (Å²) in [6.07, 6.45) is 10.5. The van der Waals surface area contributed by atoms with Crippen LogP contribution in [-0.2, 0) is 14.3 Å². The van der Waals surface area contributed by atoms with Crippen molar-refractivity contribution in [1.82, 2.24) is 5.32 Å². The minimum absolute atomic E-state index is 0.0370. The summed E-state index contributed by atoms with van der Waals surface area (Å²) in [4.78, 5) is 23.7. The van der Waals surface area contributed by atoms with Crippen molar-refractivity contribution in [3.8, 4) is 0 Å². The second-order valence-electron chi connectivity index (χ2n) is 9.17. The van der Waals surface area contributed by atoms with Crippen LogP contribution >= 0.6 is 0 Å². The number of esters is 1. The fourth-order valence-electron chi connectivity index (χ4n) is 3.59. The van der Waals surface area contributed by atoms with Crippen LogP contribution in [0.15, 0.2) is 0 Å². The molecule has 1 amide bonds. The van der Waals surface area contributed by atoms with Crippen molar-refractivity contribution in [2.75, 3.05) is 6.61 Å². The summed E-state index contributed by atoms with van der Waals surface area (Å²) in [5.74, 6) is -9.76. The molecule has 0 aliphatic heterocycles. The van der Waals surface area contributed by atoms with Gasteiger partial charge in [-0.3, -0.25) is 4.79 Å². The third-order valence-electron chi connectivity index (χ3n) is 6.14. The first-order valence-corrected chi connectivity index (χ1v) is 12.9. The molecule has 0 aliphatic rings. The van der Waals surface area contributed by atoms with Gasteiger partial charge < -0.3 is 10.1 Å². The molecule has 1 N–H and O–H groups in total. The highest BCUT2D eigenvalue weighted by atomic mass is 19.4. The van der Waals surface area contributed by atoms with Crippen molar-refractivity contribution >= 4 is 11.9 Å². The smallest absolute Gasteiger partial charge is 0.463 e. The summed E-state index contributed by atoms with van der Waals surface area (Å²) < 4.78 is 68.7. The maximum atomic E-state index is 13.2. The fraction of sp³-hybridized carbons (Fsp3) is 0.920. The van der Waals surface area contributed by atoms with Gasteiger partial charge in [0.2, 0.25) is 0 Å². The predicted octanol–water partition coefficient (Wildman–Crippen LogP) is 7.74. The minimum Gasteiger partial charge on any atom is -0.464 e. The maximum Gasteiger partial charge on any atom is 0.463 e. The molecule has 34 heavy (non-hydrogen) atoms. The number of rotatable bonds is 20. The average Bonchev–Trinajstić information content (AvgIpc) is 2.78. The van der Waals surface area contributed by atoms with Crippen LogP contribution in [0.2, 0.25) is 0 Å². The molecular weight excluding hydrogens is 457 g/mol. The van der Waals surface area contributed by atoms with Gasteiger partial charge in [0.25, 0.3) is 0 Å². The van der Waals surface area contributed by atoms with E-state index >= 15 is 0 Å². The quantitative estimate of drug-likeness (QED) is 0.105. The predicted molar refractivity (Wildman–Crippen MR) is 124 cm³/mol. The normalized spacial score (nSPS) is 14.0. The molecule has 0 aromatic rings. The Labute approximate surface area is 201 Å². The van der Waals surface area contributed by atoms with E-state index in [1.165, 1.54) is 70.0 Å². The Kier molecular flexibility index (Phi) is 17.2. The van der Waals surface area contributed by atoms with Crippen LogP contribution in [-0.4, -0.2) is 36.6 Å². The molecular formula is C25H44F5NO3. The van der Waals surface area contributed by atoms with Crippen molar-refractivity contribution in [3.05, 3.63) is 0 Å². The summed E-state index contributed by atoms with van der Waals surface area (Å²) in [5, 5.41) is 1.53. The summed E-state index contributed by atoms with van der Waals surface area (Å²) in [5.41, 5.74) is 0. The van der Waals surface area contributed by atoms with Gasteiger partial charge in [-0.2, -0.15) is 22.0 Å². The molecule has 2 unspecified atom stereocenters. The van der Waals surface area contributed by atoms with Gasteiger partial charge in [-0.25, -0.2) is 4.79 Å². The third-order valence-corrected chi connectivity index (χ3v) is 6.14. The number of halogens is 5. The van der Waals surface area contributed by atoms with Gasteiger partial charge in [0.15, 0.2) is 0 Å². The Balaban J connectivity index is 4.04. The van der Waals surface area contributed by atoms with Crippen LogP contribution in [0, 0.1) is 5.92 Å². The van der Waals surface area contributed by atoms with Crippen LogP contribution in [0.5, 0.6) is 0 Å².